The van der Waals surface area contributed by atoms with Crippen LogP contribution >= 0.6 is 11.6 Å². The van der Waals surface area contributed by atoms with Crippen LogP contribution in [0.25, 0.3) is 0 Å². The average Bonchev–Trinajstić information content (AvgIpc) is 2.54. The molecule has 1 heterocycles. The summed E-state index contributed by atoms with van der Waals surface area (Å²) in [6, 6.07) is 4.13. The molecule has 2 unspecified atom stereocenters. The molecule has 70 valence electrons. The van der Waals surface area contributed by atoms with Gasteiger partial charge in [0.25, 0.3) is 0 Å². The van der Waals surface area contributed by atoms with E-state index in [0.29, 0.717) is 11.1 Å². The van der Waals surface area contributed by atoms with Crippen molar-refractivity contribution < 1.29 is 0 Å². The van der Waals surface area contributed by atoms with Crippen LogP contribution in [-0.2, 0) is 0 Å². The Morgan fingerprint density at radius 1 is 1.54 bits per heavy atom. The molecule has 0 aromatic carbocycles. The fourth-order valence-corrected chi connectivity index (χ4v) is 2.14. The van der Waals surface area contributed by atoms with Crippen LogP contribution in [0.1, 0.15) is 25.3 Å². The van der Waals surface area contributed by atoms with Crippen LogP contribution in [0.4, 0.5) is 0 Å². The van der Waals surface area contributed by atoms with Crippen molar-refractivity contribution in [3.8, 4) is 0 Å². The summed E-state index contributed by atoms with van der Waals surface area (Å²) in [5.41, 5.74) is 7.22. The van der Waals surface area contributed by atoms with Crippen molar-refractivity contribution >= 4 is 11.6 Å². The van der Waals surface area contributed by atoms with E-state index in [-0.39, 0.29) is 11.5 Å². The van der Waals surface area contributed by atoms with Gasteiger partial charge in [-0.1, -0.05) is 31.5 Å². The maximum Gasteiger partial charge on any atom is 0.132 e. The Hall–Kier alpha value is -0.600. The highest BCUT2D eigenvalue weighted by atomic mass is 35.5. The maximum absolute atomic E-state index is 5.99. The van der Waals surface area contributed by atoms with E-state index in [9.17, 15) is 0 Å². The summed E-state index contributed by atoms with van der Waals surface area (Å²) in [7, 11) is 0. The Bertz CT molecular complexity index is 335. The number of hydrogen-bond donors (Lipinski definition) is 1. The number of halogens is 1. The third-order valence-electron chi connectivity index (χ3n) is 3.03. The standard InChI is InChI=1S/C10H13ClN2/c1-10(2)7(8(10)12)6-4-3-5-13-9(6)11/h3-5,7-8H,12H2,1-2H3. The van der Waals surface area contributed by atoms with E-state index in [1.807, 2.05) is 12.1 Å². The van der Waals surface area contributed by atoms with Crippen molar-refractivity contribution in [2.24, 2.45) is 11.1 Å². The van der Waals surface area contributed by atoms with Crippen molar-refractivity contribution in [3.05, 3.63) is 29.0 Å². The highest BCUT2D eigenvalue weighted by Gasteiger charge is 2.56. The van der Waals surface area contributed by atoms with Crippen LogP contribution < -0.4 is 5.73 Å². The molecule has 13 heavy (non-hydrogen) atoms. The highest BCUT2D eigenvalue weighted by Crippen LogP contribution is 2.58. The number of nitrogens with two attached hydrogens (primary N) is 1. The average molecular weight is 197 g/mol. The minimum absolute atomic E-state index is 0.173. The Morgan fingerprint density at radius 2 is 2.15 bits per heavy atom. The zero-order valence-electron chi connectivity index (χ0n) is 7.79. The molecule has 1 aliphatic rings. The molecular weight excluding hydrogens is 184 g/mol. The zero-order valence-corrected chi connectivity index (χ0v) is 8.55. The second kappa shape index (κ2) is 2.69. The zero-order chi connectivity index (χ0) is 9.64. The van der Waals surface area contributed by atoms with Crippen molar-refractivity contribution in [1.29, 1.82) is 0 Å². The summed E-state index contributed by atoms with van der Waals surface area (Å²) in [6.45, 7) is 4.32. The van der Waals surface area contributed by atoms with Gasteiger partial charge in [-0.05, 0) is 17.0 Å². The molecule has 1 aromatic rings. The minimum atomic E-state index is 0.173. The van der Waals surface area contributed by atoms with Gasteiger partial charge in [0.1, 0.15) is 5.15 Å². The van der Waals surface area contributed by atoms with Gasteiger partial charge in [-0.2, -0.15) is 0 Å². The van der Waals surface area contributed by atoms with E-state index >= 15 is 0 Å². The smallest absolute Gasteiger partial charge is 0.132 e. The van der Waals surface area contributed by atoms with Crippen LogP contribution in [0.15, 0.2) is 18.3 Å². The first-order chi connectivity index (χ1) is 6.05. The van der Waals surface area contributed by atoms with Crippen molar-refractivity contribution in [3.63, 3.8) is 0 Å². The quantitative estimate of drug-likeness (QED) is 0.700. The molecule has 0 radical (unpaired) electrons. The lowest BCUT2D eigenvalue weighted by atomic mass is 10.1. The topological polar surface area (TPSA) is 38.9 Å². The first kappa shape index (κ1) is 8.97. The lowest BCUT2D eigenvalue weighted by Gasteiger charge is -2.03. The molecule has 2 rings (SSSR count). The molecule has 2 nitrogen and oxygen atoms in total. The number of rotatable bonds is 1. The van der Waals surface area contributed by atoms with Crippen LogP contribution in [0.2, 0.25) is 5.15 Å². The van der Waals surface area contributed by atoms with Gasteiger partial charge >= 0.3 is 0 Å². The molecule has 0 spiro atoms. The van der Waals surface area contributed by atoms with Gasteiger partial charge in [0.15, 0.2) is 0 Å². The van der Waals surface area contributed by atoms with Gasteiger partial charge in [0.2, 0.25) is 0 Å². The largest absolute Gasteiger partial charge is 0.327 e. The molecule has 2 N–H and O–H groups in total. The van der Waals surface area contributed by atoms with Gasteiger partial charge in [-0.25, -0.2) is 4.98 Å². The Balaban J connectivity index is 2.34. The van der Waals surface area contributed by atoms with E-state index in [0.717, 1.165) is 5.56 Å². The predicted molar refractivity (Wildman–Crippen MR) is 53.7 cm³/mol. The van der Waals surface area contributed by atoms with Gasteiger partial charge < -0.3 is 5.73 Å². The summed E-state index contributed by atoms with van der Waals surface area (Å²) in [4.78, 5) is 4.05. The van der Waals surface area contributed by atoms with Gasteiger partial charge in [-0.15, -0.1) is 0 Å². The molecular formula is C10H13ClN2. The number of nitrogens with zero attached hydrogens (tertiary/aromatic N) is 1. The molecule has 1 aliphatic carbocycles. The van der Waals surface area contributed by atoms with Crippen molar-refractivity contribution in [2.45, 2.75) is 25.8 Å². The van der Waals surface area contributed by atoms with Crippen molar-refractivity contribution in [2.75, 3.05) is 0 Å². The Kier molecular flexibility index (Phi) is 1.86. The van der Waals surface area contributed by atoms with E-state index in [1.54, 1.807) is 6.20 Å². The number of hydrogen-bond acceptors (Lipinski definition) is 2. The Labute approximate surface area is 83.1 Å². The second-order valence-electron chi connectivity index (χ2n) is 4.21. The number of aromatic nitrogens is 1. The molecule has 0 saturated heterocycles. The molecule has 0 aliphatic heterocycles. The molecule has 0 bridgehead atoms. The fraction of sp³-hybridized carbons (Fsp3) is 0.500. The van der Waals surface area contributed by atoms with Crippen molar-refractivity contribution in [1.82, 2.24) is 4.98 Å². The molecule has 1 aromatic heterocycles. The van der Waals surface area contributed by atoms with E-state index < -0.39 is 0 Å². The predicted octanol–water partition coefficient (Wildman–Crippen LogP) is 2.19. The maximum atomic E-state index is 5.99. The van der Waals surface area contributed by atoms with Gasteiger partial charge in [0.05, 0.1) is 0 Å². The fourth-order valence-electron chi connectivity index (χ4n) is 1.90. The van der Waals surface area contributed by atoms with E-state index in [2.05, 4.69) is 18.8 Å². The molecule has 3 heteroatoms. The van der Waals surface area contributed by atoms with Crippen LogP contribution in [-0.4, -0.2) is 11.0 Å². The van der Waals surface area contributed by atoms with E-state index in [4.69, 9.17) is 17.3 Å². The lowest BCUT2D eigenvalue weighted by Crippen LogP contribution is -2.06. The molecule has 2 atom stereocenters. The third-order valence-corrected chi connectivity index (χ3v) is 3.35. The number of pyridine rings is 1. The van der Waals surface area contributed by atoms with Crippen LogP contribution in [0.3, 0.4) is 0 Å². The third kappa shape index (κ3) is 1.25. The molecule has 1 fully saturated rings. The molecule has 0 amide bonds. The van der Waals surface area contributed by atoms with Crippen LogP contribution in [0, 0.1) is 5.41 Å². The Morgan fingerprint density at radius 3 is 2.62 bits per heavy atom. The summed E-state index contributed by atoms with van der Waals surface area (Å²) in [5, 5.41) is 0.591. The SMILES string of the molecule is CC1(C)C(N)C1c1cccnc1Cl. The summed E-state index contributed by atoms with van der Waals surface area (Å²) >= 11 is 5.99. The van der Waals surface area contributed by atoms with Gasteiger partial charge in [-0.3, -0.25) is 0 Å². The van der Waals surface area contributed by atoms with Crippen LogP contribution in [0.5, 0.6) is 0 Å². The lowest BCUT2D eigenvalue weighted by molar-refractivity contribution is 0.598. The molecule has 1 saturated carbocycles. The minimum Gasteiger partial charge on any atom is -0.327 e. The highest BCUT2D eigenvalue weighted by molar-refractivity contribution is 6.30. The second-order valence-corrected chi connectivity index (χ2v) is 4.57. The monoisotopic (exact) mass is 196 g/mol. The normalized spacial score (nSPS) is 30.2. The van der Waals surface area contributed by atoms with Gasteiger partial charge in [0, 0.05) is 18.2 Å². The first-order valence-corrected chi connectivity index (χ1v) is 4.79. The first-order valence-electron chi connectivity index (χ1n) is 4.41. The summed E-state index contributed by atoms with van der Waals surface area (Å²) < 4.78 is 0. The summed E-state index contributed by atoms with van der Waals surface area (Å²) in [5.74, 6) is 0.369. The van der Waals surface area contributed by atoms with E-state index in [1.165, 1.54) is 0 Å². The summed E-state index contributed by atoms with van der Waals surface area (Å²) in [6.07, 6.45) is 1.70.